The van der Waals surface area contributed by atoms with E-state index >= 15 is 0 Å². The summed E-state index contributed by atoms with van der Waals surface area (Å²) in [6, 6.07) is 24.3. The first-order chi connectivity index (χ1) is 17.2. The van der Waals surface area contributed by atoms with Gasteiger partial charge in [-0.3, -0.25) is 9.59 Å². The fraction of sp³-hybridized carbons (Fsp3) is 0.154. The van der Waals surface area contributed by atoms with Crippen molar-refractivity contribution in [1.82, 2.24) is 30.0 Å². The summed E-state index contributed by atoms with van der Waals surface area (Å²) >= 11 is 0. The van der Waals surface area contributed by atoms with Crippen molar-refractivity contribution < 1.29 is 4.79 Å². The molecule has 0 unspecified atom stereocenters. The second-order valence-electron chi connectivity index (χ2n) is 8.55. The number of amides is 1. The zero-order chi connectivity index (χ0) is 23.8. The maximum absolute atomic E-state index is 13.3. The number of anilines is 1. The fourth-order valence-corrected chi connectivity index (χ4v) is 4.11. The third kappa shape index (κ3) is 4.08. The molecule has 0 atom stereocenters. The Balaban J connectivity index is 1.31. The second kappa shape index (κ2) is 8.60. The lowest BCUT2D eigenvalue weighted by Gasteiger charge is -2.12. The van der Waals surface area contributed by atoms with Gasteiger partial charge < -0.3 is 5.32 Å². The molecule has 1 aliphatic rings. The lowest BCUT2D eigenvalue weighted by Crippen LogP contribution is -2.28. The fourth-order valence-electron chi connectivity index (χ4n) is 4.11. The molecule has 3 aromatic carbocycles. The summed E-state index contributed by atoms with van der Waals surface area (Å²) in [6.45, 7) is 0.273. The van der Waals surface area contributed by atoms with Gasteiger partial charge in [0.15, 0.2) is 11.5 Å². The van der Waals surface area contributed by atoms with Crippen molar-refractivity contribution in [3.05, 3.63) is 100 Å². The average molecular weight is 464 g/mol. The highest BCUT2D eigenvalue weighted by atomic mass is 16.2. The van der Waals surface area contributed by atoms with Crippen molar-refractivity contribution in [2.24, 2.45) is 0 Å². The highest BCUT2D eigenvalue weighted by Gasteiger charge is 2.28. The molecule has 172 valence electrons. The number of tetrazole rings is 1. The summed E-state index contributed by atoms with van der Waals surface area (Å²) in [4.78, 5) is 26.3. The Morgan fingerprint density at radius 3 is 2.37 bits per heavy atom. The number of benzene rings is 3. The molecule has 9 nitrogen and oxygen atoms in total. The first-order valence-electron chi connectivity index (χ1n) is 11.4. The Morgan fingerprint density at radius 1 is 0.914 bits per heavy atom. The van der Waals surface area contributed by atoms with Crippen LogP contribution in [0.15, 0.2) is 83.7 Å². The smallest absolute Gasteiger partial charge is 0.276 e. The minimum atomic E-state index is -0.390. The second-order valence-corrected chi connectivity index (χ2v) is 8.55. The minimum Gasteiger partial charge on any atom is -0.321 e. The summed E-state index contributed by atoms with van der Waals surface area (Å²) in [5.74, 6) is 0.324. The Bertz CT molecular complexity index is 1590. The minimum absolute atomic E-state index is 0.192. The van der Waals surface area contributed by atoms with Gasteiger partial charge in [-0.25, -0.2) is 9.36 Å². The first-order valence-corrected chi connectivity index (χ1v) is 11.4. The molecule has 0 saturated heterocycles. The summed E-state index contributed by atoms with van der Waals surface area (Å²) < 4.78 is 3.19. The van der Waals surface area contributed by atoms with Crippen LogP contribution < -0.4 is 10.9 Å². The number of carbonyl (C=O) groups excluding carboxylic acids is 1. The van der Waals surface area contributed by atoms with Crippen molar-refractivity contribution in [3.8, 4) is 11.4 Å². The molecule has 0 aliphatic heterocycles. The van der Waals surface area contributed by atoms with E-state index in [4.69, 9.17) is 0 Å². The number of rotatable bonds is 6. The van der Waals surface area contributed by atoms with Crippen LogP contribution in [0.4, 0.5) is 5.69 Å². The average Bonchev–Trinajstić information content (AvgIpc) is 3.63. The van der Waals surface area contributed by atoms with Crippen molar-refractivity contribution >= 4 is 22.4 Å². The van der Waals surface area contributed by atoms with Gasteiger partial charge in [0, 0.05) is 16.6 Å². The van der Waals surface area contributed by atoms with E-state index in [0.717, 1.165) is 24.0 Å². The highest BCUT2D eigenvalue weighted by molar-refractivity contribution is 6.11. The summed E-state index contributed by atoms with van der Waals surface area (Å²) in [7, 11) is 0. The van der Waals surface area contributed by atoms with E-state index in [0.29, 0.717) is 28.3 Å². The molecule has 2 heterocycles. The molecule has 2 aromatic heterocycles. The summed E-state index contributed by atoms with van der Waals surface area (Å²) in [5.41, 5.74) is 2.36. The number of carbonyl (C=O) groups is 1. The lowest BCUT2D eigenvalue weighted by molar-refractivity contribution is 0.102. The van der Waals surface area contributed by atoms with Crippen LogP contribution in [0.2, 0.25) is 0 Å². The maximum Gasteiger partial charge on any atom is 0.276 e. The number of nitrogens with one attached hydrogen (secondary N) is 1. The Kier molecular flexibility index (Phi) is 5.14. The molecule has 35 heavy (non-hydrogen) atoms. The van der Waals surface area contributed by atoms with Gasteiger partial charge in [-0.15, -0.1) is 5.10 Å². The van der Waals surface area contributed by atoms with Crippen LogP contribution in [0.25, 0.3) is 22.2 Å². The lowest BCUT2D eigenvalue weighted by atomic mass is 10.1. The number of fused-ring (bicyclic) bond motifs is 1. The molecule has 9 heteroatoms. The molecular weight excluding hydrogens is 442 g/mol. The van der Waals surface area contributed by atoms with Gasteiger partial charge in [0.05, 0.1) is 18.0 Å². The van der Waals surface area contributed by atoms with E-state index in [9.17, 15) is 9.59 Å². The van der Waals surface area contributed by atoms with Crippen LogP contribution in [0.3, 0.4) is 0 Å². The first kappa shape index (κ1) is 20.9. The van der Waals surface area contributed by atoms with E-state index < -0.39 is 5.91 Å². The van der Waals surface area contributed by atoms with E-state index in [-0.39, 0.29) is 17.8 Å². The van der Waals surface area contributed by atoms with Crippen molar-refractivity contribution in [2.75, 3.05) is 5.32 Å². The van der Waals surface area contributed by atoms with Gasteiger partial charge in [0.2, 0.25) is 0 Å². The standard InChI is InChI=1S/C26H21N7O2/c34-25(27-19-12-10-18(11-13-19)24-28-30-31-33(24)20-14-15-20)23-21-8-4-5-9-22(21)26(35)32(29-23)16-17-6-2-1-3-7-17/h1-13,20H,14-16H2,(H,27,34). The molecule has 1 fully saturated rings. The maximum atomic E-state index is 13.3. The van der Waals surface area contributed by atoms with Crippen LogP contribution in [-0.2, 0) is 6.54 Å². The Hall–Kier alpha value is -4.66. The van der Waals surface area contributed by atoms with E-state index in [1.165, 1.54) is 4.68 Å². The van der Waals surface area contributed by atoms with Crippen LogP contribution in [0.5, 0.6) is 0 Å². The largest absolute Gasteiger partial charge is 0.321 e. The molecule has 0 bridgehead atoms. The topological polar surface area (TPSA) is 108 Å². The van der Waals surface area contributed by atoms with E-state index in [1.54, 1.807) is 36.4 Å². The zero-order valence-corrected chi connectivity index (χ0v) is 18.7. The molecule has 6 rings (SSSR count). The zero-order valence-electron chi connectivity index (χ0n) is 18.7. The molecule has 1 amide bonds. The van der Waals surface area contributed by atoms with Crippen molar-refractivity contribution in [2.45, 2.75) is 25.4 Å². The summed E-state index contributed by atoms with van der Waals surface area (Å²) in [6.07, 6.45) is 2.17. The van der Waals surface area contributed by atoms with Crippen LogP contribution in [0, 0.1) is 0 Å². The molecule has 1 saturated carbocycles. The van der Waals surface area contributed by atoms with Gasteiger partial charge >= 0.3 is 0 Å². The molecule has 5 aromatic rings. The van der Waals surface area contributed by atoms with Gasteiger partial charge in [-0.1, -0.05) is 48.5 Å². The predicted molar refractivity (Wildman–Crippen MR) is 131 cm³/mol. The number of hydrogen-bond acceptors (Lipinski definition) is 6. The van der Waals surface area contributed by atoms with Gasteiger partial charge in [-0.2, -0.15) is 5.10 Å². The van der Waals surface area contributed by atoms with Crippen molar-refractivity contribution in [3.63, 3.8) is 0 Å². The monoisotopic (exact) mass is 463 g/mol. The molecule has 0 radical (unpaired) electrons. The third-order valence-corrected chi connectivity index (χ3v) is 6.04. The van der Waals surface area contributed by atoms with Crippen molar-refractivity contribution in [1.29, 1.82) is 0 Å². The quantitative estimate of drug-likeness (QED) is 0.412. The molecule has 0 spiro atoms. The molecule has 1 N–H and O–H groups in total. The Labute approximate surface area is 200 Å². The summed E-state index contributed by atoms with van der Waals surface area (Å²) in [5, 5.41) is 20.4. The van der Waals surface area contributed by atoms with E-state index in [1.807, 2.05) is 47.1 Å². The molecular formula is C26H21N7O2. The van der Waals surface area contributed by atoms with Gasteiger partial charge in [-0.05, 0) is 59.2 Å². The third-order valence-electron chi connectivity index (χ3n) is 6.04. The van der Waals surface area contributed by atoms with Gasteiger partial charge in [0.25, 0.3) is 11.5 Å². The number of nitrogens with zero attached hydrogens (tertiary/aromatic N) is 6. The highest BCUT2D eigenvalue weighted by Crippen LogP contribution is 2.36. The van der Waals surface area contributed by atoms with Gasteiger partial charge in [0.1, 0.15) is 0 Å². The number of aromatic nitrogens is 6. The van der Waals surface area contributed by atoms with Crippen LogP contribution in [-0.4, -0.2) is 35.9 Å². The van der Waals surface area contributed by atoms with Crippen LogP contribution >= 0.6 is 0 Å². The SMILES string of the molecule is O=C(Nc1ccc(-c2nnnn2C2CC2)cc1)c1nn(Cc2ccccc2)c(=O)c2ccccc12. The Morgan fingerprint density at radius 2 is 1.63 bits per heavy atom. The normalized spacial score (nSPS) is 13.1. The van der Waals surface area contributed by atoms with E-state index in [2.05, 4.69) is 25.9 Å². The number of hydrogen-bond donors (Lipinski definition) is 1. The van der Waals surface area contributed by atoms with Crippen LogP contribution in [0.1, 0.15) is 34.9 Å². The molecule has 1 aliphatic carbocycles. The predicted octanol–water partition coefficient (Wildman–Crippen LogP) is 3.69.